The molecule has 1 saturated heterocycles. The predicted molar refractivity (Wildman–Crippen MR) is 135 cm³/mol. The van der Waals surface area contributed by atoms with E-state index in [0.717, 1.165) is 45.3 Å². The van der Waals surface area contributed by atoms with Crippen molar-refractivity contribution in [3.63, 3.8) is 0 Å². The molecule has 4 atom stereocenters. The first-order valence-corrected chi connectivity index (χ1v) is 14.2. The molecule has 0 aromatic carbocycles. The predicted octanol–water partition coefficient (Wildman–Crippen LogP) is 6.73. The van der Waals surface area contributed by atoms with Crippen LogP contribution in [0.5, 0.6) is 0 Å². The van der Waals surface area contributed by atoms with Crippen LogP contribution in [0.4, 0.5) is 0 Å². The number of nitrogens with zero attached hydrogens (tertiary/aromatic N) is 1. The summed E-state index contributed by atoms with van der Waals surface area (Å²) in [5, 5.41) is 0. The van der Waals surface area contributed by atoms with Crippen molar-refractivity contribution in [3.05, 3.63) is 0 Å². The molecule has 2 rings (SSSR count). The van der Waals surface area contributed by atoms with Crippen LogP contribution >= 0.6 is 0 Å². The summed E-state index contributed by atoms with van der Waals surface area (Å²) in [6.07, 6.45) is 17.9. The fraction of sp³-hybridized carbons (Fsp3) is 0.964. The first-order valence-electron chi connectivity index (χ1n) is 14.2. The summed E-state index contributed by atoms with van der Waals surface area (Å²) in [6.45, 7) is 10.7. The van der Waals surface area contributed by atoms with Gasteiger partial charge in [-0.05, 0) is 38.8 Å². The van der Waals surface area contributed by atoms with E-state index in [1.807, 2.05) is 0 Å². The summed E-state index contributed by atoms with van der Waals surface area (Å²) in [5.41, 5.74) is 0. The van der Waals surface area contributed by atoms with E-state index >= 15 is 0 Å². The number of carbonyl (C=O) groups excluding carboxylic acids is 1. The Morgan fingerprint density at radius 2 is 1.52 bits per heavy atom. The fourth-order valence-electron chi connectivity index (χ4n) is 5.80. The van der Waals surface area contributed by atoms with Crippen LogP contribution in [-0.4, -0.2) is 56.1 Å². The number of hydrogen-bond donors (Lipinski definition) is 0. The average Bonchev–Trinajstić information content (AvgIpc) is 3.39. The standard InChI is InChI=1S/C28H53NO4/c1-5-8-11-14-17-26-25(27(30)31-4)18-19-28(26)32-23-24(33-28)22-29(20-15-12-9-6-2)21-16-13-10-7-3/h24-26H,5-23H2,1-4H3. The lowest BCUT2D eigenvalue weighted by Crippen LogP contribution is -2.41. The molecule has 0 N–H and O–H groups in total. The highest BCUT2D eigenvalue weighted by Crippen LogP contribution is 2.50. The molecule has 4 unspecified atom stereocenters. The summed E-state index contributed by atoms with van der Waals surface area (Å²) in [6, 6.07) is 0. The second kappa shape index (κ2) is 16.1. The largest absolute Gasteiger partial charge is 0.469 e. The Balaban J connectivity index is 1.95. The topological polar surface area (TPSA) is 48.0 Å². The van der Waals surface area contributed by atoms with Crippen molar-refractivity contribution in [1.29, 1.82) is 0 Å². The molecule has 1 saturated carbocycles. The molecule has 1 aliphatic carbocycles. The van der Waals surface area contributed by atoms with Crippen molar-refractivity contribution >= 4 is 5.97 Å². The van der Waals surface area contributed by atoms with E-state index in [-0.39, 0.29) is 23.9 Å². The summed E-state index contributed by atoms with van der Waals surface area (Å²) >= 11 is 0. The molecule has 0 aromatic heterocycles. The SMILES string of the molecule is CCCCCCC1C(C(=O)OC)CCC12OCC(CN(CCCCCC)CCCCCC)O2. The van der Waals surface area contributed by atoms with Gasteiger partial charge in [0.2, 0.25) is 0 Å². The van der Waals surface area contributed by atoms with E-state index in [9.17, 15) is 4.79 Å². The zero-order valence-electron chi connectivity index (χ0n) is 22.2. The van der Waals surface area contributed by atoms with Crippen molar-refractivity contribution in [3.8, 4) is 0 Å². The highest BCUT2D eigenvalue weighted by molar-refractivity contribution is 5.73. The maximum Gasteiger partial charge on any atom is 0.309 e. The monoisotopic (exact) mass is 467 g/mol. The summed E-state index contributed by atoms with van der Waals surface area (Å²) in [5.74, 6) is -0.633. The molecule has 0 aromatic rings. The lowest BCUT2D eigenvalue weighted by molar-refractivity contribution is -0.202. The molecule has 5 nitrogen and oxygen atoms in total. The third-order valence-corrected chi connectivity index (χ3v) is 7.72. The lowest BCUT2D eigenvalue weighted by Gasteiger charge is -2.33. The number of methoxy groups -OCH3 is 1. The molecule has 2 aliphatic rings. The smallest absolute Gasteiger partial charge is 0.309 e. The van der Waals surface area contributed by atoms with Crippen LogP contribution in [0.1, 0.15) is 117 Å². The minimum atomic E-state index is -0.578. The van der Waals surface area contributed by atoms with Gasteiger partial charge in [0.05, 0.1) is 25.7 Å². The normalized spacial score (nSPS) is 27.1. The number of hydrogen-bond acceptors (Lipinski definition) is 5. The fourth-order valence-corrected chi connectivity index (χ4v) is 5.80. The Labute approximate surface area is 204 Å². The quantitative estimate of drug-likeness (QED) is 0.165. The van der Waals surface area contributed by atoms with Crippen LogP contribution < -0.4 is 0 Å². The Morgan fingerprint density at radius 3 is 2.09 bits per heavy atom. The van der Waals surface area contributed by atoms with E-state index in [2.05, 4.69) is 25.7 Å². The van der Waals surface area contributed by atoms with Gasteiger partial charge in [-0.1, -0.05) is 85.0 Å². The van der Waals surface area contributed by atoms with Gasteiger partial charge in [0, 0.05) is 18.9 Å². The Kier molecular flexibility index (Phi) is 13.9. The Bertz CT molecular complexity index is 516. The molecule has 0 radical (unpaired) electrons. The van der Waals surface area contributed by atoms with Gasteiger partial charge < -0.3 is 19.1 Å². The molecule has 5 heteroatoms. The van der Waals surface area contributed by atoms with Gasteiger partial charge in [-0.2, -0.15) is 0 Å². The van der Waals surface area contributed by atoms with Crippen molar-refractivity contribution in [2.75, 3.05) is 33.4 Å². The third kappa shape index (κ3) is 9.14. The summed E-state index contributed by atoms with van der Waals surface area (Å²) in [4.78, 5) is 15.1. The van der Waals surface area contributed by atoms with Gasteiger partial charge >= 0.3 is 5.97 Å². The van der Waals surface area contributed by atoms with Crippen LogP contribution in [0, 0.1) is 11.8 Å². The molecular formula is C28H53NO4. The van der Waals surface area contributed by atoms with Crippen LogP contribution in [0.15, 0.2) is 0 Å². The van der Waals surface area contributed by atoms with Gasteiger partial charge in [-0.15, -0.1) is 0 Å². The molecule has 2 fully saturated rings. The number of ether oxygens (including phenoxy) is 3. The number of rotatable bonds is 18. The molecule has 0 amide bonds. The van der Waals surface area contributed by atoms with Gasteiger partial charge in [-0.25, -0.2) is 0 Å². The third-order valence-electron chi connectivity index (χ3n) is 7.72. The Morgan fingerprint density at radius 1 is 0.909 bits per heavy atom. The molecule has 194 valence electrons. The van der Waals surface area contributed by atoms with Crippen molar-refractivity contribution in [2.24, 2.45) is 11.8 Å². The van der Waals surface area contributed by atoms with E-state index in [1.165, 1.54) is 77.7 Å². The lowest BCUT2D eigenvalue weighted by atomic mass is 9.87. The highest BCUT2D eigenvalue weighted by Gasteiger charge is 2.56. The number of esters is 1. The minimum absolute atomic E-state index is 0.0866. The molecular weight excluding hydrogens is 414 g/mol. The number of carbonyl (C=O) groups is 1. The maximum atomic E-state index is 12.5. The van der Waals surface area contributed by atoms with Crippen molar-refractivity contribution < 1.29 is 19.0 Å². The van der Waals surface area contributed by atoms with E-state index in [4.69, 9.17) is 14.2 Å². The number of unbranched alkanes of at least 4 members (excludes halogenated alkanes) is 9. The van der Waals surface area contributed by atoms with E-state index in [0.29, 0.717) is 6.61 Å². The second-order valence-corrected chi connectivity index (χ2v) is 10.4. The van der Waals surface area contributed by atoms with Crippen LogP contribution in [-0.2, 0) is 19.0 Å². The first-order chi connectivity index (χ1) is 16.1. The summed E-state index contributed by atoms with van der Waals surface area (Å²) in [7, 11) is 1.51. The van der Waals surface area contributed by atoms with Crippen LogP contribution in [0.25, 0.3) is 0 Å². The maximum absolute atomic E-state index is 12.5. The molecule has 1 heterocycles. The van der Waals surface area contributed by atoms with Gasteiger partial charge in [0.15, 0.2) is 5.79 Å². The average molecular weight is 468 g/mol. The summed E-state index contributed by atoms with van der Waals surface area (Å²) < 4.78 is 18.3. The van der Waals surface area contributed by atoms with Gasteiger partial charge in [0.25, 0.3) is 0 Å². The minimum Gasteiger partial charge on any atom is -0.469 e. The molecule has 33 heavy (non-hydrogen) atoms. The molecule has 1 spiro atoms. The van der Waals surface area contributed by atoms with Gasteiger partial charge in [-0.3, -0.25) is 4.79 Å². The zero-order chi connectivity index (χ0) is 23.9. The highest BCUT2D eigenvalue weighted by atomic mass is 16.7. The zero-order valence-corrected chi connectivity index (χ0v) is 22.2. The van der Waals surface area contributed by atoms with E-state index < -0.39 is 5.79 Å². The van der Waals surface area contributed by atoms with Crippen LogP contribution in [0.3, 0.4) is 0 Å². The van der Waals surface area contributed by atoms with Crippen molar-refractivity contribution in [2.45, 2.75) is 129 Å². The molecule has 1 aliphatic heterocycles. The molecule has 0 bridgehead atoms. The van der Waals surface area contributed by atoms with Gasteiger partial charge in [0.1, 0.15) is 0 Å². The van der Waals surface area contributed by atoms with Crippen LogP contribution in [0.2, 0.25) is 0 Å². The van der Waals surface area contributed by atoms with E-state index in [1.54, 1.807) is 0 Å². The van der Waals surface area contributed by atoms with Crippen molar-refractivity contribution in [1.82, 2.24) is 4.90 Å². The first kappa shape index (κ1) is 28.6. The Hall–Kier alpha value is -0.650. The second-order valence-electron chi connectivity index (χ2n) is 10.4.